The SMILES string of the molecule is CC(=O)NC(CC(=O)NCCc1ccc(OC(F)F)cc1)c1ccc(C)cc1. The number of benzene rings is 2. The second-order valence-corrected chi connectivity index (χ2v) is 6.49. The van der Waals surface area contributed by atoms with E-state index in [0.717, 1.165) is 16.7 Å². The van der Waals surface area contributed by atoms with Gasteiger partial charge in [0.25, 0.3) is 0 Å². The van der Waals surface area contributed by atoms with Crippen LogP contribution in [0.4, 0.5) is 8.78 Å². The molecule has 2 N–H and O–H groups in total. The number of halogens is 2. The van der Waals surface area contributed by atoms with Gasteiger partial charge in [0.05, 0.1) is 12.5 Å². The third kappa shape index (κ3) is 7.34. The fourth-order valence-corrected chi connectivity index (χ4v) is 2.74. The Bertz CT molecular complexity index is 777. The van der Waals surface area contributed by atoms with Crippen molar-refractivity contribution >= 4 is 11.8 Å². The summed E-state index contributed by atoms with van der Waals surface area (Å²) in [4.78, 5) is 23.7. The topological polar surface area (TPSA) is 67.4 Å². The van der Waals surface area contributed by atoms with E-state index < -0.39 is 12.7 Å². The van der Waals surface area contributed by atoms with Gasteiger partial charge in [-0.15, -0.1) is 0 Å². The molecule has 1 unspecified atom stereocenters. The molecule has 1 atom stereocenters. The Kier molecular flexibility index (Phi) is 7.92. The van der Waals surface area contributed by atoms with Crippen molar-refractivity contribution in [2.45, 2.75) is 39.3 Å². The Morgan fingerprint density at radius 3 is 2.25 bits per heavy atom. The van der Waals surface area contributed by atoms with Crippen LogP contribution in [0.25, 0.3) is 0 Å². The smallest absolute Gasteiger partial charge is 0.387 e. The lowest BCUT2D eigenvalue weighted by Crippen LogP contribution is -2.33. The molecule has 2 aromatic rings. The number of amides is 2. The average Bonchev–Trinajstić information content (AvgIpc) is 2.62. The molecule has 0 aliphatic rings. The summed E-state index contributed by atoms with van der Waals surface area (Å²) in [6.45, 7) is 0.931. The van der Waals surface area contributed by atoms with Crippen molar-refractivity contribution in [3.63, 3.8) is 0 Å². The van der Waals surface area contributed by atoms with Crippen LogP contribution >= 0.6 is 0 Å². The maximum absolute atomic E-state index is 12.3. The fraction of sp³-hybridized carbons (Fsp3) is 0.333. The number of nitrogens with one attached hydrogen (secondary N) is 2. The minimum absolute atomic E-state index is 0.0963. The van der Waals surface area contributed by atoms with Gasteiger partial charge in [-0.1, -0.05) is 42.0 Å². The van der Waals surface area contributed by atoms with E-state index in [9.17, 15) is 18.4 Å². The van der Waals surface area contributed by atoms with Crippen molar-refractivity contribution in [2.24, 2.45) is 0 Å². The van der Waals surface area contributed by atoms with Crippen LogP contribution < -0.4 is 15.4 Å². The summed E-state index contributed by atoms with van der Waals surface area (Å²) in [5, 5.41) is 5.62. The van der Waals surface area contributed by atoms with Crippen LogP contribution in [0.3, 0.4) is 0 Å². The molecular weight excluding hydrogens is 366 g/mol. The molecule has 0 saturated carbocycles. The Hall–Kier alpha value is -2.96. The average molecular weight is 390 g/mol. The highest BCUT2D eigenvalue weighted by Gasteiger charge is 2.16. The summed E-state index contributed by atoms with van der Waals surface area (Å²) >= 11 is 0. The van der Waals surface area contributed by atoms with Crippen LogP contribution in [0.1, 0.15) is 36.1 Å². The highest BCUT2D eigenvalue weighted by Crippen LogP contribution is 2.18. The van der Waals surface area contributed by atoms with Crippen molar-refractivity contribution in [1.82, 2.24) is 10.6 Å². The van der Waals surface area contributed by atoms with E-state index in [1.165, 1.54) is 19.1 Å². The van der Waals surface area contributed by atoms with Gasteiger partial charge in [-0.3, -0.25) is 9.59 Å². The number of carbonyl (C=O) groups is 2. The minimum Gasteiger partial charge on any atom is -0.435 e. The van der Waals surface area contributed by atoms with E-state index in [2.05, 4.69) is 15.4 Å². The predicted octanol–water partition coefficient (Wildman–Crippen LogP) is 3.52. The third-order valence-electron chi connectivity index (χ3n) is 4.13. The van der Waals surface area contributed by atoms with E-state index in [1.807, 2.05) is 31.2 Å². The molecule has 28 heavy (non-hydrogen) atoms. The minimum atomic E-state index is -2.85. The van der Waals surface area contributed by atoms with Crippen molar-refractivity contribution in [1.29, 1.82) is 0 Å². The Labute approximate surface area is 163 Å². The number of rotatable bonds is 9. The summed E-state index contributed by atoms with van der Waals surface area (Å²) in [7, 11) is 0. The Morgan fingerprint density at radius 2 is 1.68 bits per heavy atom. The monoisotopic (exact) mass is 390 g/mol. The largest absolute Gasteiger partial charge is 0.435 e. The number of hydrogen-bond donors (Lipinski definition) is 2. The molecule has 0 aromatic heterocycles. The van der Waals surface area contributed by atoms with Gasteiger partial charge in [0, 0.05) is 13.5 Å². The number of carbonyl (C=O) groups excluding carboxylic acids is 2. The van der Waals surface area contributed by atoms with E-state index in [4.69, 9.17) is 0 Å². The molecule has 0 radical (unpaired) electrons. The maximum Gasteiger partial charge on any atom is 0.387 e. The Balaban J connectivity index is 1.85. The highest BCUT2D eigenvalue weighted by molar-refractivity contribution is 5.79. The molecule has 2 amide bonds. The molecule has 0 aliphatic carbocycles. The molecule has 0 aliphatic heterocycles. The third-order valence-corrected chi connectivity index (χ3v) is 4.13. The van der Waals surface area contributed by atoms with E-state index >= 15 is 0 Å². The van der Waals surface area contributed by atoms with Crippen molar-refractivity contribution < 1.29 is 23.1 Å². The van der Waals surface area contributed by atoms with E-state index in [1.54, 1.807) is 12.1 Å². The molecule has 2 aromatic carbocycles. The summed E-state index contributed by atoms with van der Waals surface area (Å²) in [5.74, 6) is -0.291. The second kappa shape index (κ2) is 10.4. The number of hydrogen-bond acceptors (Lipinski definition) is 3. The van der Waals surface area contributed by atoms with Gasteiger partial charge in [0.2, 0.25) is 11.8 Å². The van der Waals surface area contributed by atoms with Gasteiger partial charge in [0.15, 0.2) is 0 Å². The molecule has 0 bridgehead atoms. The summed E-state index contributed by atoms with van der Waals surface area (Å²) < 4.78 is 28.6. The lowest BCUT2D eigenvalue weighted by Gasteiger charge is -2.18. The van der Waals surface area contributed by atoms with E-state index in [0.29, 0.717) is 13.0 Å². The molecule has 2 rings (SSSR count). The van der Waals surface area contributed by atoms with Gasteiger partial charge in [0.1, 0.15) is 5.75 Å². The zero-order chi connectivity index (χ0) is 20.5. The number of alkyl halides is 2. The molecular formula is C21H24F2N2O3. The number of ether oxygens (including phenoxy) is 1. The van der Waals surface area contributed by atoms with Gasteiger partial charge < -0.3 is 15.4 Å². The number of aryl methyl sites for hydroxylation is 1. The van der Waals surface area contributed by atoms with Gasteiger partial charge >= 0.3 is 6.61 Å². The van der Waals surface area contributed by atoms with Crippen LogP contribution in [0.15, 0.2) is 48.5 Å². The zero-order valence-corrected chi connectivity index (χ0v) is 15.9. The summed E-state index contributed by atoms with van der Waals surface area (Å²) in [6.07, 6.45) is 0.680. The molecule has 0 spiro atoms. The molecule has 0 heterocycles. The van der Waals surface area contributed by atoms with Crippen LogP contribution in [0.2, 0.25) is 0 Å². The van der Waals surface area contributed by atoms with Gasteiger partial charge in [-0.25, -0.2) is 0 Å². The first kappa shape index (κ1) is 21.3. The van der Waals surface area contributed by atoms with Crippen LogP contribution in [-0.2, 0) is 16.0 Å². The lowest BCUT2D eigenvalue weighted by molar-refractivity contribution is -0.122. The normalized spacial score (nSPS) is 11.8. The highest BCUT2D eigenvalue weighted by atomic mass is 19.3. The zero-order valence-electron chi connectivity index (χ0n) is 15.9. The van der Waals surface area contributed by atoms with Crippen molar-refractivity contribution in [2.75, 3.05) is 6.54 Å². The summed E-state index contributed by atoms with van der Waals surface area (Å²) in [5.41, 5.74) is 2.85. The molecule has 7 heteroatoms. The lowest BCUT2D eigenvalue weighted by atomic mass is 10.0. The van der Waals surface area contributed by atoms with Gasteiger partial charge in [-0.05, 0) is 36.6 Å². The fourth-order valence-electron chi connectivity index (χ4n) is 2.74. The van der Waals surface area contributed by atoms with Crippen molar-refractivity contribution in [3.05, 3.63) is 65.2 Å². The molecule has 5 nitrogen and oxygen atoms in total. The first-order valence-corrected chi connectivity index (χ1v) is 8.97. The van der Waals surface area contributed by atoms with Crippen LogP contribution in [0.5, 0.6) is 5.75 Å². The van der Waals surface area contributed by atoms with Crippen LogP contribution in [0, 0.1) is 6.92 Å². The maximum atomic E-state index is 12.3. The predicted molar refractivity (Wildman–Crippen MR) is 102 cm³/mol. The molecule has 150 valence electrons. The second-order valence-electron chi connectivity index (χ2n) is 6.49. The quantitative estimate of drug-likeness (QED) is 0.688. The summed E-state index contributed by atoms with van der Waals surface area (Å²) in [6, 6.07) is 13.5. The molecule has 0 saturated heterocycles. The first-order chi connectivity index (χ1) is 13.3. The standard InChI is InChI=1S/C21H24F2N2O3/c1-14-3-7-17(8-4-14)19(25-15(2)26)13-20(27)24-12-11-16-5-9-18(10-6-16)28-21(22)23/h3-10,19,21H,11-13H2,1-2H3,(H,24,27)(H,25,26). The van der Waals surface area contributed by atoms with Crippen LogP contribution in [-0.4, -0.2) is 25.0 Å². The Morgan fingerprint density at radius 1 is 1.04 bits per heavy atom. The van der Waals surface area contributed by atoms with Crippen molar-refractivity contribution in [3.8, 4) is 5.75 Å². The molecule has 0 fully saturated rings. The first-order valence-electron chi connectivity index (χ1n) is 8.97. The van der Waals surface area contributed by atoms with E-state index in [-0.39, 0.29) is 24.0 Å². The van der Waals surface area contributed by atoms with Gasteiger partial charge in [-0.2, -0.15) is 8.78 Å².